The van der Waals surface area contributed by atoms with Crippen LogP contribution in [0, 0.1) is 6.92 Å². The van der Waals surface area contributed by atoms with Gasteiger partial charge < -0.3 is 15.7 Å². The van der Waals surface area contributed by atoms with Gasteiger partial charge >= 0.3 is 0 Å². The lowest BCUT2D eigenvalue weighted by Crippen LogP contribution is -2.15. The van der Waals surface area contributed by atoms with Crippen molar-refractivity contribution in [1.82, 2.24) is 0 Å². The molecule has 2 rings (SSSR count). The van der Waals surface area contributed by atoms with Gasteiger partial charge in [-0.2, -0.15) is 0 Å². The van der Waals surface area contributed by atoms with E-state index in [4.69, 9.17) is 5.11 Å². The van der Waals surface area contributed by atoms with Gasteiger partial charge in [0.05, 0.1) is 17.7 Å². The van der Waals surface area contributed by atoms with Crippen molar-refractivity contribution >= 4 is 23.4 Å². The molecular weight excluding hydrogens is 292 g/mol. The number of rotatable bonds is 7. The number of aliphatic hydroxyl groups excluding tert-OH is 1. The van der Waals surface area contributed by atoms with Crippen LogP contribution in [0.5, 0.6) is 0 Å². The van der Waals surface area contributed by atoms with Gasteiger partial charge in [0, 0.05) is 30.5 Å². The van der Waals surface area contributed by atoms with Crippen molar-refractivity contribution in [3.05, 3.63) is 58.7 Å². The van der Waals surface area contributed by atoms with Crippen LogP contribution in [-0.2, 0) is 0 Å². The standard InChI is InChI=1S/C18H20N2O3/c1-12-5-3-4-6-13(12)18(23)17-14(11-22)15(19-2)7-8-16(17)20-9-10-21/h3-8,11,19-21H,9-10H2,1-2H3. The molecule has 0 saturated heterocycles. The minimum absolute atomic E-state index is 0.0673. The number of aldehydes is 1. The first-order valence-electron chi connectivity index (χ1n) is 7.39. The quantitative estimate of drug-likeness (QED) is 0.541. The molecule has 0 radical (unpaired) electrons. The summed E-state index contributed by atoms with van der Waals surface area (Å²) >= 11 is 0. The Bertz CT molecular complexity index is 726. The summed E-state index contributed by atoms with van der Waals surface area (Å²) in [6.07, 6.45) is 0.682. The second kappa shape index (κ2) is 7.56. The minimum Gasteiger partial charge on any atom is -0.395 e. The molecule has 0 heterocycles. The highest BCUT2D eigenvalue weighted by Crippen LogP contribution is 2.29. The summed E-state index contributed by atoms with van der Waals surface area (Å²) in [6.45, 7) is 2.09. The Morgan fingerprint density at radius 3 is 2.48 bits per heavy atom. The smallest absolute Gasteiger partial charge is 0.196 e. The number of benzene rings is 2. The van der Waals surface area contributed by atoms with Crippen LogP contribution in [0.25, 0.3) is 0 Å². The molecular formula is C18H20N2O3. The second-order valence-corrected chi connectivity index (χ2v) is 5.11. The molecule has 23 heavy (non-hydrogen) atoms. The van der Waals surface area contributed by atoms with Crippen molar-refractivity contribution < 1.29 is 14.7 Å². The summed E-state index contributed by atoms with van der Waals surface area (Å²) in [5, 5.41) is 14.9. The highest BCUT2D eigenvalue weighted by atomic mass is 16.3. The maximum atomic E-state index is 13.0. The molecule has 0 spiro atoms. The molecule has 120 valence electrons. The van der Waals surface area contributed by atoms with Crippen molar-refractivity contribution in [2.24, 2.45) is 0 Å². The van der Waals surface area contributed by atoms with E-state index < -0.39 is 0 Å². The average Bonchev–Trinajstić information content (AvgIpc) is 2.58. The molecule has 2 aromatic rings. The zero-order valence-corrected chi connectivity index (χ0v) is 13.2. The van der Waals surface area contributed by atoms with Gasteiger partial charge in [0.25, 0.3) is 0 Å². The summed E-state index contributed by atoms with van der Waals surface area (Å²) in [6, 6.07) is 10.7. The summed E-state index contributed by atoms with van der Waals surface area (Å²) < 4.78 is 0. The molecule has 0 fully saturated rings. The monoisotopic (exact) mass is 312 g/mol. The van der Waals surface area contributed by atoms with Crippen molar-refractivity contribution in [1.29, 1.82) is 0 Å². The first kappa shape index (κ1) is 16.7. The fourth-order valence-corrected chi connectivity index (χ4v) is 2.50. The van der Waals surface area contributed by atoms with E-state index >= 15 is 0 Å². The predicted octanol–water partition coefficient (Wildman–Crippen LogP) is 2.48. The van der Waals surface area contributed by atoms with E-state index in [0.717, 1.165) is 5.56 Å². The Kier molecular flexibility index (Phi) is 5.49. The fraction of sp³-hybridized carbons (Fsp3) is 0.222. The normalized spacial score (nSPS) is 10.2. The molecule has 0 aliphatic rings. The van der Waals surface area contributed by atoms with Crippen LogP contribution in [0.3, 0.4) is 0 Å². The predicted molar refractivity (Wildman–Crippen MR) is 91.6 cm³/mol. The van der Waals surface area contributed by atoms with Crippen molar-refractivity contribution in [3.8, 4) is 0 Å². The number of carbonyl (C=O) groups excluding carboxylic acids is 2. The third-order valence-corrected chi connectivity index (χ3v) is 3.68. The van der Waals surface area contributed by atoms with Gasteiger partial charge in [-0.3, -0.25) is 9.59 Å². The first-order chi connectivity index (χ1) is 11.1. The van der Waals surface area contributed by atoms with Crippen molar-refractivity contribution in [2.45, 2.75) is 6.92 Å². The van der Waals surface area contributed by atoms with Crippen molar-refractivity contribution in [3.63, 3.8) is 0 Å². The molecule has 2 aromatic carbocycles. The SMILES string of the molecule is CNc1ccc(NCCO)c(C(=O)c2ccccc2C)c1C=O. The number of aryl methyl sites for hydroxylation is 1. The van der Waals surface area contributed by atoms with Crippen LogP contribution in [0.1, 0.15) is 31.8 Å². The number of carbonyl (C=O) groups is 2. The molecule has 0 amide bonds. The number of hydrogen-bond donors (Lipinski definition) is 3. The Labute approximate surface area is 135 Å². The van der Waals surface area contributed by atoms with Crippen LogP contribution in [0.2, 0.25) is 0 Å². The Morgan fingerprint density at radius 2 is 1.87 bits per heavy atom. The number of hydrogen-bond acceptors (Lipinski definition) is 5. The third-order valence-electron chi connectivity index (χ3n) is 3.68. The van der Waals surface area contributed by atoms with Gasteiger partial charge in [-0.15, -0.1) is 0 Å². The molecule has 0 aromatic heterocycles. The maximum absolute atomic E-state index is 13.0. The molecule has 0 aliphatic carbocycles. The van der Waals surface area contributed by atoms with Crippen molar-refractivity contribution in [2.75, 3.05) is 30.8 Å². The fourth-order valence-electron chi connectivity index (χ4n) is 2.50. The molecule has 5 nitrogen and oxygen atoms in total. The van der Waals surface area contributed by atoms with E-state index in [-0.39, 0.29) is 12.4 Å². The van der Waals surface area contributed by atoms with E-state index in [9.17, 15) is 9.59 Å². The number of aliphatic hydroxyl groups is 1. The molecule has 3 N–H and O–H groups in total. The lowest BCUT2D eigenvalue weighted by Gasteiger charge is -2.16. The van der Waals surface area contributed by atoms with Gasteiger partial charge in [0.15, 0.2) is 12.1 Å². The zero-order chi connectivity index (χ0) is 16.8. The second-order valence-electron chi connectivity index (χ2n) is 5.11. The minimum atomic E-state index is -0.220. The van der Waals surface area contributed by atoms with E-state index in [2.05, 4.69) is 10.6 Å². The molecule has 0 unspecified atom stereocenters. The van der Waals surface area contributed by atoms with Gasteiger partial charge in [0.1, 0.15) is 0 Å². The van der Waals surface area contributed by atoms with E-state index in [1.165, 1.54) is 0 Å². The first-order valence-corrected chi connectivity index (χ1v) is 7.39. The summed E-state index contributed by atoms with van der Waals surface area (Å²) in [5.74, 6) is -0.220. The summed E-state index contributed by atoms with van der Waals surface area (Å²) in [4.78, 5) is 24.6. The van der Waals surface area contributed by atoms with Crippen LogP contribution in [0.15, 0.2) is 36.4 Å². The lowest BCUT2D eigenvalue weighted by molar-refractivity contribution is 0.103. The summed E-state index contributed by atoms with van der Waals surface area (Å²) in [5.41, 5.74) is 3.14. The number of nitrogens with one attached hydrogen (secondary N) is 2. The Hall–Kier alpha value is -2.66. The van der Waals surface area contributed by atoms with Gasteiger partial charge in [-0.25, -0.2) is 0 Å². The van der Waals surface area contributed by atoms with Gasteiger partial charge in [0.2, 0.25) is 0 Å². The molecule has 0 saturated carbocycles. The topological polar surface area (TPSA) is 78.4 Å². The molecule has 5 heteroatoms. The van der Waals surface area contributed by atoms with Crippen LogP contribution in [0.4, 0.5) is 11.4 Å². The van der Waals surface area contributed by atoms with Gasteiger partial charge in [-0.05, 0) is 24.6 Å². The largest absolute Gasteiger partial charge is 0.395 e. The average molecular weight is 312 g/mol. The molecule has 0 bridgehead atoms. The third kappa shape index (κ3) is 3.40. The number of ketones is 1. The lowest BCUT2D eigenvalue weighted by atomic mass is 9.93. The zero-order valence-electron chi connectivity index (χ0n) is 13.2. The number of anilines is 2. The van der Waals surface area contributed by atoms with E-state index in [1.54, 1.807) is 31.3 Å². The van der Waals surface area contributed by atoms with E-state index in [0.29, 0.717) is 40.9 Å². The Morgan fingerprint density at radius 1 is 1.17 bits per heavy atom. The van der Waals surface area contributed by atoms with Crippen LogP contribution in [-0.4, -0.2) is 37.4 Å². The Balaban J connectivity index is 2.63. The highest BCUT2D eigenvalue weighted by molar-refractivity contribution is 6.18. The summed E-state index contributed by atoms with van der Waals surface area (Å²) in [7, 11) is 1.70. The van der Waals surface area contributed by atoms with E-state index in [1.807, 2.05) is 19.1 Å². The highest BCUT2D eigenvalue weighted by Gasteiger charge is 2.21. The molecule has 0 atom stereocenters. The van der Waals surface area contributed by atoms with Gasteiger partial charge in [-0.1, -0.05) is 24.3 Å². The van der Waals surface area contributed by atoms with Crippen LogP contribution < -0.4 is 10.6 Å². The maximum Gasteiger partial charge on any atom is 0.196 e. The molecule has 0 aliphatic heterocycles. The van der Waals surface area contributed by atoms with Crippen LogP contribution >= 0.6 is 0 Å².